The minimum absolute atomic E-state index is 0.0490. The van der Waals surface area contributed by atoms with E-state index in [1.54, 1.807) is 36.3 Å². The molecule has 3 aromatic rings. The van der Waals surface area contributed by atoms with Crippen molar-refractivity contribution in [1.29, 1.82) is 0 Å². The number of rotatable bonds is 5. The summed E-state index contributed by atoms with van der Waals surface area (Å²) in [6, 6.07) is 6.63. The first-order chi connectivity index (χ1) is 15.0. The van der Waals surface area contributed by atoms with Crippen molar-refractivity contribution in [2.24, 2.45) is 7.05 Å². The summed E-state index contributed by atoms with van der Waals surface area (Å²) in [5, 5.41) is 0.559. The van der Waals surface area contributed by atoms with E-state index in [0.717, 1.165) is 37.6 Å². The van der Waals surface area contributed by atoms with Crippen molar-refractivity contribution in [3.8, 4) is 0 Å². The largest absolute Gasteiger partial charge is 0.363 e. The van der Waals surface area contributed by atoms with Gasteiger partial charge in [-0.25, -0.2) is 15.0 Å². The molecule has 3 aromatic heterocycles. The zero-order chi connectivity index (χ0) is 21.5. The Kier molecular flexibility index (Phi) is 4.95. The molecule has 0 aromatic carbocycles. The van der Waals surface area contributed by atoms with E-state index >= 15 is 0 Å². The number of nitrogens with zero attached hydrogens (tertiary/aromatic N) is 8. The highest BCUT2D eigenvalue weighted by atomic mass is 16.1. The molecule has 5 rings (SSSR count). The second-order valence-electron chi connectivity index (χ2n) is 8.64. The molecular weight excluding hydrogens is 392 g/mol. The maximum Gasteiger partial charge on any atom is 0.264 e. The summed E-state index contributed by atoms with van der Waals surface area (Å²) in [5.74, 6) is 2.64. The van der Waals surface area contributed by atoms with Crippen LogP contribution in [0.4, 0.5) is 17.6 Å². The Morgan fingerprint density at radius 2 is 1.71 bits per heavy atom. The van der Waals surface area contributed by atoms with Crippen LogP contribution in [-0.4, -0.2) is 63.8 Å². The standard InChI is InChI=1S/C22H28N8O/c1-27(2)18-13-19(25-14-24-18)30(15-6-7-15)16-8-11-29(12-9-16)22-26-20-17(5-4-10-23-20)21(31)28(22)3/h4-5,10,13-16H,6-9,11-12H2,1-3H3. The predicted octanol–water partition coefficient (Wildman–Crippen LogP) is 1.82. The lowest BCUT2D eigenvalue weighted by Gasteiger charge is -2.40. The number of aromatic nitrogens is 5. The summed E-state index contributed by atoms with van der Waals surface area (Å²) in [7, 11) is 5.80. The molecule has 31 heavy (non-hydrogen) atoms. The minimum Gasteiger partial charge on any atom is -0.363 e. The van der Waals surface area contributed by atoms with E-state index in [1.807, 2.05) is 19.0 Å². The van der Waals surface area contributed by atoms with Gasteiger partial charge in [-0.15, -0.1) is 0 Å². The smallest absolute Gasteiger partial charge is 0.264 e. The number of pyridine rings is 1. The third-order valence-electron chi connectivity index (χ3n) is 6.27. The average Bonchev–Trinajstić information content (AvgIpc) is 3.62. The van der Waals surface area contributed by atoms with Crippen molar-refractivity contribution in [1.82, 2.24) is 24.5 Å². The molecule has 1 aliphatic carbocycles. The second kappa shape index (κ2) is 7.79. The molecule has 1 aliphatic heterocycles. The van der Waals surface area contributed by atoms with Crippen LogP contribution in [0, 0.1) is 0 Å². The Hall–Kier alpha value is -3.23. The normalized spacial score (nSPS) is 17.2. The van der Waals surface area contributed by atoms with Gasteiger partial charge in [0.25, 0.3) is 5.56 Å². The zero-order valence-electron chi connectivity index (χ0n) is 18.3. The van der Waals surface area contributed by atoms with Gasteiger partial charge in [-0.2, -0.15) is 4.98 Å². The Morgan fingerprint density at radius 3 is 2.42 bits per heavy atom. The van der Waals surface area contributed by atoms with Gasteiger partial charge in [0.1, 0.15) is 18.0 Å². The molecule has 0 spiro atoms. The molecule has 2 fully saturated rings. The van der Waals surface area contributed by atoms with Crippen molar-refractivity contribution < 1.29 is 0 Å². The third kappa shape index (κ3) is 3.68. The van der Waals surface area contributed by atoms with E-state index < -0.39 is 0 Å². The Labute approximate surface area is 181 Å². The highest BCUT2D eigenvalue weighted by Gasteiger charge is 2.37. The number of piperidine rings is 1. The van der Waals surface area contributed by atoms with Crippen molar-refractivity contribution in [3.05, 3.63) is 41.1 Å². The van der Waals surface area contributed by atoms with Crippen LogP contribution in [0.5, 0.6) is 0 Å². The van der Waals surface area contributed by atoms with Gasteiger partial charge >= 0.3 is 0 Å². The van der Waals surface area contributed by atoms with Crippen molar-refractivity contribution in [2.75, 3.05) is 41.9 Å². The van der Waals surface area contributed by atoms with Crippen LogP contribution in [0.1, 0.15) is 25.7 Å². The lowest BCUT2D eigenvalue weighted by atomic mass is 10.0. The molecule has 4 heterocycles. The Morgan fingerprint density at radius 1 is 1.00 bits per heavy atom. The average molecular weight is 421 g/mol. The van der Waals surface area contributed by atoms with E-state index in [2.05, 4.69) is 30.8 Å². The maximum absolute atomic E-state index is 12.8. The fourth-order valence-corrected chi connectivity index (χ4v) is 4.47. The molecule has 1 saturated heterocycles. The molecule has 9 heteroatoms. The summed E-state index contributed by atoms with van der Waals surface area (Å²) < 4.78 is 1.65. The Bertz CT molecular complexity index is 1150. The van der Waals surface area contributed by atoms with Crippen LogP contribution in [0.3, 0.4) is 0 Å². The summed E-state index contributed by atoms with van der Waals surface area (Å²) in [5.41, 5.74) is 0.464. The molecule has 1 saturated carbocycles. The van der Waals surface area contributed by atoms with E-state index in [9.17, 15) is 4.79 Å². The van der Waals surface area contributed by atoms with Gasteiger partial charge in [-0.3, -0.25) is 9.36 Å². The molecule has 9 nitrogen and oxygen atoms in total. The number of anilines is 3. The fraction of sp³-hybridized carbons (Fsp3) is 0.500. The van der Waals surface area contributed by atoms with Crippen LogP contribution >= 0.6 is 0 Å². The van der Waals surface area contributed by atoms with Gasteiger partial charge in [0.15, 0.2) is 5.65 Å². The van der Waals surface area contributed by atoms with E-state index in [1.165, 1.54) is 12.8 Å². The summed E-state index contributed by atoms with van der Waals surface area (Å²) >= 11 is 0. The maximum atomic E-state index is 12.8. The van der Waals surface area contributed by atoms with Crippen LogP contribution in [0.2, 0.25) is 0 Å². The lowest BCUT2D eigenvalue weighted by Crippen LogP contribution is -2.47. The summed E-state index contributed by atoms with van der Waals surface area (Å²) in [6.07, 6.45) is 7.77. The van der Waals surface area contributed by atoms with Crippen LogP contribution in [0.15, 0.2) is 35.5 Å². The first-order valence-electron chi connectivity index (χ1n) is 10.9. The number of fused-ring (bicyclic) bond motifs is 1. The van der Waals surface area contributed by atoms with E-state index in [0.29, 0.717) is 29.1 Å². The molecule has 0 radical (unpaired) electrons. The molecule has 0 unspecified atom stereocenters. The van der Waals surface area contributed by atoms with Gasteiger partial charge in [-0.1, -0.05) is 0 Å². The molecule has 2 aliphatic rings. The van der Waals surface area contributed by atoms with Crippen molar-refractivity contribution >= 4 is 28.6 Å². The van der Waals surface area contributed by atoms with Crippen LogP contribution in [-0.2, 0) is 7.05 Å². The van der Waals surface area contributed by atoms with Gasteiger partial charge in [0.05, 0.1) is 5.39 Å². The molecule has 0 atom stereocenters. The minimum atomic E-state index is -0.0490. The fourth-order valence-electron chi connectivity index (χ4n) is 4.47. The first-order valence-corrected chi connectivity index (χ1v) is 10.9. The summed E-state index contributed by atoms with van der Waals surface area (Å²) in [4.78, 5) is 37.5. The number of hydrogen-bond donors (Lipinski definition) is 0. The predicted molar refractivity (Wildman–Crippen MR) is 122 cm³/mol. The van der Waals surface area contributed by atoms with E-state index in [4.69, 9.17) is 4.98 Å². The monoisotopic (exact) mass is 420 g/mol. The zero-order valence-corrected chi connectivity index (χ0v) is 18.3. The van der Waals surface area contributed by atoms with Crippen molar-refractivity contribution in [3.63, 3.8) is 0 Å². The van der Waals surface area contributed by atoms with Crippen molar-refractivity contribution in [2.45, 2.75) is 37.8 Å². The molecule has 0 bridgehead atoms. The van der Waals surface area contributed by atoms with Crippen LogP contribution < -0.4 is 20.3 Å². The second-order valence-corrected chi connectivity index (χ2v) is 8.64. The summed E-state index contributed by atoms with van der Waals surface area (Å²) in [6.45, 7) is 1.69. The van der Waals surface area contributed by atoms with Crippen LogP contribution in [0.25, 0.3) is 11.0 Å². The SMILES string of the molecule is CN(C)c1cc(N(C2CC2)C2CCN(c3nc4ncccc4c(=O)n3C)CC2)ncn1. The highest BCUT2D eigenvalue weighted by Crippen LogP contribution is 2.36. The van der Waals surface area contributed by atoms with Gasteiger partial charge in [-0.05, 0) is 37.8 Å². The third-order valence-corrected chi connectivity index (χ3v) is 6.27. The molecule has 0 N–H and O–H groups in total. The molecular formula is C22H28N8O. The van der Waals surface area contributed by atoms with E-state index in [-0.39, 0.29) is 5.56 Å². The molecule has 162 valence electrons. The van der Waals surface area contributed by atoms with Gasteiger partial charge < -0.3 is 14.7 Å². The first kappa shape index (κ1) is 19.7. The number of hydrogen-bond acceptors (Lipinski definition) is 8. The topological polar surface area (TPSA) is 83.3 Å². The quantitative estimate of drug-likeness (QED) is 0.618. The lowest BCUT2D eigenvalue weighted by molar-refractivity contribution is 0.452. The van der Waals surface area contributed by atoms with Gasteiger partial charge in [0, 0.05) is 58.6 Å². The Balaban J connectivity index is 1.37. The molecule has 0 amide bonds. The van der Waals surface area contributed by atoms with Gasteiger partial charge in [0.2, 0.25) is 5.95 Å². The highest BCUT2D eigenvalue weighted by molar-refractivity contribution is 5.74.